The maximum atomic E-state index is 12.5. The molecule has 0 aliphatic heterocycles. The third-order valence-electron chi connectivity index (χ3n) is 4.45. The molecule has 3 rings (SSSR count). The second kappa shape index (κ2) is 7.29. The summed E-state index contributed by atoms with van der Waals surface area (Å²) in [5.74, 6) is 0.707. The molecule has 0 spiro atoms. The van der Waals surface area contributed by atoms with Gasteiger partial charge in [0.15, 0.2) is 0 Å². The van der Waals surface area contributed by atoms with E-state index in [4.69, 9.17) is 17.3 Å². The van der Waals surface area contributed by atoms with Gasteiger partial charge in [-0.05, 0) is 37.5 Å². The van der Waals surface area contributed by atoms with Gasteiger partial charge in [0.2, 0.25) is 11.9 Å². The fourth-order valence-corrected chi connectivity index (χ4v) is 3.17. The van der Waals surface area contributed by atoms with E-state index >= 15 is 0 Å². The number of nitrogen functional groups attached to an aromatic ring is 1. The predicted octanol–water partition coefficient (Wildman–Crippen LogP) is 2.57. The van der Waals surface area contributed by atoms with Gasteiger partial charge in [0, 0.05) is 36.4 Å². The van der Waals surface area contributed by atoms with Crippen LogP contribution >= 0.6 is 11.6 Å². The number of fused-ring (bicyclic) bond motifs is 1. The summed E-state index contributed by atoms with van der Waals surface area (Å²) in [7, 11) is 1.78. The number of aryl methyl sites for hydroxylation is 2. The van der Waals surface area contributed by atoms with Gasteiger partial charge in [-0.3, -0.25) is 4.79 Å². The van der Waals surface area contributed by atoms with Crippen molar-refractivity contribution in [3.63, 3.8) is 0 Å². The molecule has 0 atom stereocenters. The number of rotatable bonds is 5. The minimum atomic E-state index is 0.0434. The van der Waals surface area contributed by atoms with E-state index in [2.05, 4.69) is 15.1 Å². The maximum Gasteiger partial charge on any atom is 0.254 e. The van der Waals surface area contributed by atoms with Crippen LogP contribution in [0, 0.1) is 13.8 Å². The molecule has 8 heteroatoms. The van der Waals surface area contributed by atoms with E-state index in [0.717, 1.165) is 22.5 Å². The molecule has 2 aromatic heterocycles. The highest BCUT2D eigenvalue weighted by Crippen LogP contribution is 2.19. The predicted molar refractivity (Wildman–Crippen MR) is 101 cm³/mol. The first-order chi connectivity index (χ1) is 12.4. The number of hydrogen-bond acceptors (Lipinski definition) is 5. The van der Waals surface area contributed by atoms with Crippen LogP contribution in [-0.2, 0) is 17.8 Å². The Bertz CT molecular complexity index is 968. The Kier molecular flexibility index (Phi) is 5.08. The van der Waals surface area contributed by atoms with Crippen LogP contribution in [0.1, 0.15) is 28.9 Å². The zero-order valence-electron chi connectivity index (χ0n) is 15.0. The molecule has 7 nitrogen and oxygen atoms in total. The molecule has 0 bridgehead atoms. The molecule has 3 aromatic rings. The van der Waals surface area contributed by atoms with E-state index in [0.29, 0.717) is 30.2 Å². The normalized spacial score (nSPS) is 11.1. The van der Waals surface area contributed by atoms with Gasteiger partial charge < -0.3 is 10.6 Å². The van der Waals surface area contributed by atoms with Gasteiger partial charge in [0.25, 0.3) is 5.78 Å². The average molecular weight is 373 g/mol. The van der Waals surface area contributed by atoms with Crippen LogP contribution in [0.4, 0.5) is 5.95 Å². The third-order valence-corrected chi connectivity index (χ3v) is 4.81. The van der Waals surface area contributed by atoms with Crippen molar-refractivity contribution in [3.05, 3.63) is 51.8 Å². The van der Waals surface area contributed by atoms with Gasteiger partial charge in [-0.15, -0.1) is 5.10 Å². The van der Waals surface area contributed by atoms with Crippen molar-refractivity contribution in [1.29, 1.82) is 0 Å². The fraction of sp³-hybridized carbons (Fsp3) is 0.333. The SMILES string of the molecule is Cc1nc2nc(N)nn2c(C)c1CCC(=O)N(C)Cc1ccccc1Cl. The molecule has 1 amide bonds. The molecule has 1 aromatic carbocycles. The Morgan fingerprint density at radius 2 is 2.00 bits per heavy atom. The van der Waals surface area contributed by atoms with Crippen molar-refractivity contribution in [2.75, 3.05) is 12.8 Å². The summed E-state index contributed by atoms with van der Waals surface area (Å²) in [6, 6.07) is 7.54. The summed E-state index contributed by atoms with van der Waals surface area (Å²) in [6.07, 6.45) is 0.950. The second-order valence-electron chi connectivity index (χ2n) is 6.28. The molecule has 0 aliphatic rings. The van der Waals surface area contributed by atoms with E-state index in [1.165, 1.54) is 0 Å². The Balaban J connectivity index is 1.71. The Hall–Kier alpha value is -2.67. The van der Waals surface area contributed by atoms with Crippen molar-refractivity contribution in [3.8, 4) is 0 Å². The molecule has 0 radical (unpaired) electrons. The first kappa shape index (κ1) is 18.1. The van der Waals surface area contributed by atoms with Crippen molar-refractivity contribution < 1.29 is 4.79 Å². The molecule has 0 aliphatic carbocycles. The number of carbonyl (C=O) groups excluding carboxylic acids is 1. The summed E-state index contributed by atoms with van der Waals surface area (Å²) in [4.78, 5) is 22.7. The van der Waals surface area contributed by atoms with E-state index in [9.17, 15) is 4.79 Å². The van der Waals surface area contributed by atoms with Crippen molar-refractivity contribution >= 4 is 29.2 Å². The molecule has 0 fully saturated rings. The summed E-state index contributed by atoms with van der Waals surface area (Å²) in [5, 5.41) is 4.82. The van der Waals surface area contributed by atoms with Crippen molar-refractivity contribution in [1.82, 2.24) is 24.5 Å². The number of carbonyl (C=O) groups is 1. The number of halogens is 1. The van der Waals surface area contributed by atoms with Gasteiger partial charge in [-0.1, -0.05) is 29.8 Å². The van der Waals surface area contributed by atoms with Gasteiger partial charge >= 0.3 is 0 Å². The van der Waals surface area contributed by atoms with Crippen molar-refractivity contribution in [2.24, 2.45) is 0 Å². The highest BCUT2D eigenvalue weighted by atomic mass is 35.5. The van der Waals surface area contributed by atoms with Crippen LogP contribution < -0.4 is 5.73 Å². The largest absolute Gasteiger partial charge is 0.366 e. The molecular formula is C18H21ClN6O. The van der Waals surface area contributed by atoms with E-state index in [1.54, 1.807) is 16.5 Å². The fourth-order valence-electron chi connectivity index (χ4n) is 2.98. The zero-order valence-corrected chi connectivity index (χ0v) is 15.8. The van der Waals surface area contributed by atoms with E-state index in [1.807, 2.05) is 38.1 Å². The van der Waals surface area contributed by atoms with Crippen LogP contribution in [0.3, 0.4) is 0 Å². The summed E-state index contributed by atoms with van der Waals surface area (Å²) in [6.45, 7) is 4.32. The Morgan fingerprint density at radius 3 is 2.73 bits per heavy atom. The quantitative estimate of drug-likeness (QED) is 0.743. The number of hydrogen-bond donors (Lipinski definition) is 1. The minimum absolute atomic E-state index is 0.0434. The average Bonchev–Trinajstić information content (AvgIpc) is 2.97. The van der Waals surface area contributed by atoms with E-state index < -0.39 is 0 Å². The summed E-state index contributed by atoms with van der Waals surface area (Å²) in [5.41, 5.74) is 9.31. The standard InChI is InChI=1S/C18H21ClN6O/c1-11-14(12(2)25-18(21-11)22-17(20)23-25)8-9-16(26)24(3)10-13-6-4-5-7-15(13)19/h4-7H,8-10H2,1-3H3,(H2,20,23). The molecule has 2 N–H and O–H groups in total. The molecule has 26 heavy (non-hydrogen) atoms. The number of nitrogens with two attached hydrogens (primary N) is 1. The van der Waals surface area contributed by atoms with E-state index in [-0.39, 0.29) is 11.9 Å². The maximum absolute atomic E-state index is 12.5. The molecule has 0 unspecified atom stereocenters. The first-order valence-electron chi connectivity index (χ1n) is 8.32. The van der Waals surface area contributed by atoms with Crippen LogP contribution in [0.5, 0.6) is 0 Å². The second-order valence-corrected chi connectivity index (χ2v) is 6.69. The minimum Gasteiger partial charge on any atom is -0.366 e. The van der Waals surface area contributed by atoms with Crippen LogP contribution in [-0.4, -0.2) is 37.4 Å². The zero-order chi connectivity index (χ0) is 18.8. The monoisotopic (exact) mass is 372 g/mol. The highest BCUT2D eigenvalue weighted by Gasteiger charge is 2.16. The lowest BCUT2D eigenvalue weighted by Crippen LogP contribution is -2.26. The molecular weight excluding hydrogens is 352 g/mol. The highest BCUT2D eigenvalue weighted by molar-refractivity contribution is 6.31. The lowest BCUT2D eigenvalue weighted by atomic mass is 10.1. The topological polar surface area (TPSA) is 89.4 Å². The van der Waals surface area contributed by atoms with Crippen LogP contribution in [0.25, 0.3) is 5.78 Å². The number of aromatic nitrogens is 4. The van der Waals surface area contributed by atoms with Gasteiger partial charge in [-0.2, -0.15) is 9.50 Å². The van der Waals surface area contributed by atoms with Gasteiger partial charge in [-0.25, -0.2) is 4.98 Å². The van der Waals surface area contributed by atoms with Gasteiger partial charge in [0.1, 0.15) is 0 Å². The molecule has 0 saturated carbocycles. The molecule has 2 heterocycles. The lowest BCUT2D eigenvalue weighted by molar-refractivity contribution is -0.130. The molecule has 0 saturated heterocycles. The van der Waals surface area contributed by atoms with Crippen molar-refractivity contribution in [2.45, 2.75) is 33.2 Å². The van der Waals surface area contributed by atoms with Crippen LogP contribution in [0.15, 0.2) is 24.3 Å². The molecule has 136 valence electrons. The van der Waals surface area contributed by atoms with Crippen LogP contribution in [0.2, 0.25) is 5.02 Å². The van der Waals surface area contributed by atoms with Gasteiger partial charge in [0.05, 0.1) is 0 Å². The number of amides is 1. The number of anilines is 1. The smallest absolute Gasteiger partial charge is 0.254 e. The first-order valence-corrected chi connectivity index (χ1v) is 8.70. The summed E-state index contributed by atoms with van der Waals surface area (Å²) >= 11 is 6.17. The number of benzene rings is 1. The third kappa shape index (κ3) is 3.62. The summed E-state index contributed by atoms with van der Waals surface area (Å²) < 4.78 is 1.62. The Morgan fingerprint density at radius 1 is 1.27 bits per heavy atom. The lowest BCUT2D eigenvalue weighted by Gasteiger charge is -2.18. The number of nitrogens with zero attached hydrogens (tertiary/aromatic N) is 5. The Labute approximate surface area is 156 Å².